The van der Waals surface area contributed by atoms with Crippen LogP contribution >= 0.6 is 15.9 Å². The fraction of sp³-hybridized carbons (Fsp3) is 0.474. The quantitative estimate of drug-likeness (QED) is 0.569. The zero-order valence-corrected chi connectivity index (χ0v) is 16.0. The van der Waals surface area contributed by atoms with Gasteiger partial charge < -0.3 is 9.64 Å². The van der Waals surface area contributed by atoms with Crippen LogP contribution in [0.1, 0.15) is 45.6 Å². The number of carbonyl (C=O) groups is 2. The Morgan fingerprint density at radius 2 is 1.79 bits per heavy atom. The number of rotatable bonds is 4. The summed E-state index contributed by atoms with van der Waals surface area (Å²) in [5, 5.41) is 0. The summed E-state index contributed by atoms with van der Waals surface area (Å²) in [5.74, 6) is -0.615. The predicted molar refractivity (Wildman–Crippen MR) is 98.4 cm³/mol. The molecule has 0 saturated carbocycles. The van der Waals surface area contributed by atoms with Gasteiger partial charge in [0.2, 0.25) is 0 Å². The summed E-state index contributed by atoms with van der Waals surface area (Å²) < 4.78 is 6.26. The number of piperidine rings is 1. The largest absolute Gasteiger partial charge is 0.449 e. The molecule has 0 radical (unpaired) electrons. The molecule has 1 aromatic carbocycles. The maximum atomic E-state index is 12.6. The van der Waals surface area contributed by atoms with E-state index in [-0.39, 0.29) is 18.0 Å². The maximum Gasteiger partial charge on any atom is 0.331 e. The second kappa shape index (κ2) is 8.47. The molecule has 5 heteroatoms. The SMILES string of the molecule is C[C@@H](OC(=O)/C=C/c1ccc(Br)cc1)C(=O)N1[C@@H](C)CCC[C@@H]1C. The molecule has 1 fully saturated rings. The van der Waals surface area contributed by atoms with E-state index in [1.807, 2.05) is 29.2 Å². The topological polar surface area (TPSA) is 46.6 Å². The highest BCUT2D eigenvalue weighted by molar-refractivity contribution is 9.10. The van der Waals surface area contributed by atoms with E-state index in [4.69, 9.17) is 4.74 Å². The Balaban J connectivity index is 1.92. The highest BCUT2D eigenvalue weighted by Gasteiger charge is 2.32. The molecule has 0 bridgehead atoms. The van der Waals surface area contributed by atoms with Gasteiger partial charge in [0.25, 0.3) is 5.91 Å². The summed E-state index contributed by atoms with van der Waals surface area (Å²) in [4.78, 5) is 26.4. The first-order valence-corrected chi connectivity index (χ1v) is 9.14. The van der Waals surface area contributed by atoms with Crippen molar-refractivity contribution in [3.8, 4) is 0 Å². The minimum atomic E-state index is -0.768. The van der Waals surface area contributed by atoms with Gasteiger partial charge in [-0.05, 0) is 63.8 Å². The van der Waals surface area contributed by atoms with Gasteiger partial charge in [-0.2, -0.15) is 0 Å². The Morgan fingerprint density at radius 1 is 1.21 bits per heavy atom. The smallest absolute Gasteiger partial charge is 0.331 e. The first-order valence-electron chi connectivity index (χ1n) is 8.35. The molecule has 1 aromatic rings. The molecular weight excluding hydrogens is 370 g/mol. The average molecular weight is 394 g/mol. The van der Waals surface area contributed by atoms with Crippen molar-refractivity contribution in [2.75, 3.05) is 0 Å². The summed E-state index contributed by atoms with van der Waals surface area (Å²) in [7, 11) is 0. The van der Waals surface area contributed by atoms with Crippen LogP contribution in [0.2, 0.25) is 0 Å². The van der Waals surface area contributed by atoms with E-state index in [0.29, 0.717) is 0 Å². The van der Waals surface area contributed by atoms with Gasteiger partial charge in [0.1, 0.15) is 0 Å². The highest BCUT2D eigenvalue weighted by atomic mass is 79.9. The molecule has 24 heavy (non-hydrogen) atoms. The zero-order valence-electron chi connectivity index (χ0n) is 14.4. The molecular formula is C19H24BrNO3. The molecule has 1 heterocycles. The summed E-state index contributed by atoms with van der Waals surface area (Å²) in [6.45, 7) is 5.74. The molecule has 4 nitrogen and oxygen atoms in total. The Morgan fingerprint density at radius 3 is 2.38 bits per heavy atom. The lowest BCUT2D eigenvalue weighted by atomic mass is 9.97. The molecule has 0 spiro atoms. The molecule has 1 amide bonds. The number of benzene rings is 1. The minimum absolute atomic E-state index is 0.111. The number of carbonyl (C=O) groups excluding carboxylic acids is 2. The average Bonchev–Trinajstić information content (AvgIpc) is 2.54. The Labute approximate surface area is 152 Å². The second-order valence-corrected chi connectivity index (χ2v) is 7.25. The van der Waals surface area contributed by atoms with Crippen molar-refractivity contribution in [3.05, 3.63) is 40.4 Å². The lowest BCUT2D eigenvalue weighted by Gasteiger charge is -2.40. The first kappa shape index (κ1) is 18.7. The van der Waals surface area contributed by atoms with Crippen molar-refractivity contribution in [2.45, 2.75) is 58.2 Å². The van der Waals surface area contributed by atoms with Crippen LogP contribution in [0.5, 0.6) is 0 Å². The molecule has 0 aromatic heterocycles. The number of halogens is 1. The third-order valence-corrected chi connectivity index (χ3v) is 4.90. The number of esters is 1. The van der Waals surface area contributed by atoms with Crippen molar-refractivity contribution in [2.24, 2.45) is 0 Å². The van der Waals surface area contributed by atoms with E-state index in [9.17, 15) is 9.59 Å². The van der Waals surface area contributed by atoms with Crippen LogP contribution in [0.15, 0.2) is 34.8 Å². The second-order valence-electron chi connectivity index (χ2n) is 6.34. The number of ether oxygens (including phenoxy) is 1. The molecule has 0 unspecified atom stereocenters. The van der Waals surface area contributed by atoms with Crippen LogP contribution in [0.25, 0.3) is 6.08 Å². The summed E-state index contributed by atoms with van der Waals surface area (Å²) in [5.41, 5.74) is 0.896. The molecule has 0 aliphatic carbocycles. The summed E-state index contributed by atoms with van der Waals surface area (Å²) in [6, 6.07) is 7.97. The van der Waals surface area contributed by atoms with Crippen LogP contribution < -0.4 is 0 Å². The lowest BCUT2D eigenvalue weighted by molar-refractivity contribution is -0.158. The van der Waals surface area contributed by atoms with Gasteiger partial charge in [0.15, 0.2) is 6.10 Å². The Kier molecular flexibility index (Phi) is 6.60. The van der Waals surface area contributed by atoms with Crippen molar-refractivity contribution in [1.29, 1.82) is 0 Å². The minimum Gasteiger partial charge on any atom is -0.449 e. The maximum absolute atomic E-state index is 12.6. The number of hydrogen-bond acceptors (Lipinski definition) is 3. The fourth-order valence-corrected chi connectivity index (χ4v) is 3.33. The van der Waals surface area contributed by atoms with E-state index in [0.717, 1.165) is 29.3 Å². The van der Waals surface area contributed by atoms with Crippen LogP contribution in [0.4, 0.5) is 0 Å². The fourth-order valence-electron chi connectivity index (χ4n) is 3.07. The lowest BCUT2D eigenvalue weighted by Crippen LogP contribution is -2.51. The van der Waals surface area contributed by atoms with Gasteiger partial charge in [-0.25, -0.2) is 4.79 Å². The van der Waals surface area contributed by atoms with E-state index in [1.54, 1.807) is 13.0 Å². The van der Waals surface area contributed by atoms with Crippen molar-refractivity contribution < 1.29 is 14.3 Å². The molecule has 3 atom stereocenters. The summed E-state index contributed by atoms with van der Waals surface area (Å²) in [6.07, 6.45) is 5.40. The molecule has 1 saturated heterocycles. The van der Waals surface area contributed by atoms with Crippen molar-refractivity contribution >= 4 is 33.9 Å². The van der Waals surface area contributed by atoms with Gasteiger partial charge in [0.05, 0.1) is 0 Å². The Bertz CT molecular complexity index is 602. The third kappa shape index (κ3) is 4.94. The molecule has 2 rings (SSSR count). The van der Waals surface area contributed by atoms with E-state index in [2.05, 4.69) is 29.8 Å². The highest BCUT2D eigenvalue weighted by Crippen LogP contribution is 2.23. The van der Waals surface area contributed by atoms with E-state index in [1.165, 1.54) is 6.08 Å². The van der Waals surface area contributed by atoms with Crippen molar-refractivity contribution in [3.63, 3.8) is 0 Å². The van der Waals surface area contributed by atoms with Gasteiger partial charge in [-0.3, -0.25) is 4.79 Å². The van der Waals surface area contributed by atoms with E-state index >= 15 is 0 Å². The predicted octanol–water partition coefficient (Wildman–Crippen LogP) is 4.18. The zero-order chi connectivity index (χ0) is 17.7. The monoisotopic (exact) mass is 393 g/mol. The van der Waals surface area contributed by atoms with E-state index < -0.39 is 12.1 Å². The first-order chi connectivity index (χ1) is 11.4. The molecule has 1 aliphatic heterocycles. The molecule has 0 N–H and O–H groups in total. The van der Waals surface area contributed by atoms with Gasteiger partial charge in [-0.1, -0.05) is 28.1 Å². The van der Waals surface area contributed by atoms with Gasteiger partial charge >= 0.3 is 5.97 Å². The van der Waals surface area contributed by atoms with Crippen LogP contribution in [0.3, 0.4) is 0 Å². The molecule has 1 aliphatic rings. The van der Waals surface area contributed by atoms with Crippen molar-refractivity contribution in [1.82, 2.24) is 4.90 Å². The Hall–Kier alpha value is -1.62. The standard InChI is InChI=1S/C19H24BrNO3/c1-13-5-4-6-14(2)21(13)19(23)15(3)24-18(22)12-9-16-7-10-17(20)11-8-16/h7-15H,4-6H2,1-3H3/b12-9+/t13-,14-,15+/m0/s1. The van der Waals surface area contributed by atoms with Gasteiger partial charge in [-0.15, -0.1) is 0 Å². The third-order valence-electron chi connectivity index (χ3n) is 4.37. The van der Waals surface area contributed by atoms with Crippen LogP contribution in [-0.4, -0.2) is 35.0 Å². The van der Waals surface area contributed by atoms with Crippen LogP contribution in [-0.2, 0) is 14.3 Å². The number of hydrogen-bond donors (Lipinski definition) is 0. The number of amides is 1. The molecule has 130 valence electrons. The number of nitrogens with zero attached hydrogens (tertiary/aromatic N) is 1. The summed E-state index contributed by atoms with van der Waals surface area (Å²) >= 11 is 3.36. The normalized spacial score (nSPS) is 22.4. The van der Waals surface area contributed by atoms with Gasteiger partial charge in [0, 0.05) is 22.6 Å². The number of likely N-dealkylation sites (tertiary alicyclic amines) is 1. The van der Waals surface area contributed by atoms with Crippen LogP contribution in [0, 0.1) is 0 Å².